The van der Waals surface area contributed by atoms with E-state index in [-0.39, 0.29) is 36.4 Å². The molecule has 3 aromatic rings. The third-order valence-corrected chi connectivity index (χ3v) is 8.20. The van der Waals surface area contributed by atoms with Crippen LogP contribution in [0.4, 0.5) is 10.1 Å². The minimum atomic E-state index is -3.90. The Hall–Kier alpha value is -3.72. The van der Waals surface area contributed by atoms with Gasteiger partial charge in [0.2, 0.25) is 21.8 Å². The zero-order valence-electron chi connectivity index (χ0n) is 24.4. The van der Waals surface area contributed by atoms with E-state index in [1.165, 1.54) is 11.0 Å². The minimum Gasteiger partial charge on any atom is -0.352 e. The second-order valence-corrected chi connectivity index (χ2v) is 12.5. The van der Waals surface area contributed by atoms with Gasteiger partial charge in [-0.15, -0.1) is 0 Å². The number of nitrogens with zero attached hydrogens (tertiary/aromatic N) is 2. The van der Waals surface area contributed by atoms with Crippen LogP contribution in [0.2, 0.25) is 0 Å². The molecule has 9 heteroatoms. The number of carbonyl (C=O) groups is 2. The number of hydrogen-bond acceptors (Lipinski definition) is 4. The highest BCUT2D eigenvalue weighted by molar-refractivity contribution is 7.92. The smallest absolute Gasteiger partial charge is 0.244 e. The molecule has 3 aromatic carbocycles. The number of anilines is 1. The molecule has 220 valence electrons. The Bertz CT molecular complexity index is 1430. The van der Waals surface area contributed by atoms with Crippen molar-refractivity contribution in [1.29, 1.82) is 0 Å². The Morgan fingerprint density at radius 1 is 0.902 bits per heavy atom. The summed E-state index contributed by atoms with van der Waals surface area (Å²) in [5.41, 5.74) is 2.20. The fraction of sp³-hybridized carbons (Fsp3) is 0.375. The molecule has 0 saturated carbocycles. The van der Waals surface area contributed by atoms with E-state index in [0.29, 0.717) is 12.1 Å². The van der Waals surface area contributed by atoms with E-state index in [0.717, 1.165) is 21.7 Å². The van der Waals surface area contributed by atoms with E-state index in [9.17, 15) is 22.4 Å². The lowest BCUT2D eigenvalue weighted by molar-refractivity contribution is -0.140. The third-order valence-electron chi connectivity index (χ3n) is 7.08. The maximum Gasteiger partial charge on any atom is 0.244 e. The highest BCUT2D eigenvalue weighted by atomic mass is 32.2. The second-order valence-electron chi connectivity index (χ2n) is 10.6. The van der Waals surface area contributed by atoms with Gasteiger partial charge in [-0.3, -0.25) is 13.9 Å². The Morgan fingerprint density at radius 3 is 2.12 bits per heavy atom. The monoisotopic (exact) mass is 581 g/mol. The van der Waals surface area contributed by atoms with Crippen LogP contribution >= 0.6 is 0 Å². The Kier molecular flexibility index (Phi) is 11.1. The molecule has 0 aliphatic heterocycles. The maximum atomic E-state index is 14.9. The molecule has 0 spiro atoms. The number of nitrogens with one attached hydrogen (secondary N) is 1. The standard InChI is InChI=1S/C32H40FN3O4S/c1-6-24(4)34-32(38)30(20-25-14-8-7-9-15-25)35(21-26-16-10-12-18-28(26)33)31(37)22-36(41(5,39)40)29-19-13-11-17-27(29)23(2)3/h7-19,23-24,30H,6,20-22H2,1-5H3,(H,34,38)/t24-,30+/m0/s1. The van der Waals surface area contributed by atoms with Crippen molar-refractivity contribution in [2.75, 3.05) is 17.1 Å². The summed E-state index contributed by atoms with van der Waals surface area (Å²) in [5.74, 6) is -1.53. The maximum absolute atomic E-state index is 14.9. The molecular formula is C32H40FN3O4S. The van der Waals surface area contributed by atoms with Gasteiger partial charge in [-0.05, 0) is 42.5 Å². The van der Waals surface area contributed by atoms with Crippen molar-refractivity contribution >= 4 is 27.5 Å². The largest absolute Gasteiger partial charge is 0.352 e. The van der Waals surface area contributed by atoms with Crippen molar-refractivity contribution < 1.29 is 22.4 Å². The van der Waals surface area contributed by atoms with Crippen LogP contribution in [-0.2, 0) is 32.6 Å². The lowest BCUT2D eigenvalue weighted by atomic mass is 10.0. The van der Waals surface area contributed by atoms with Gasteiger partial charge in [-0.25, -0.2) is 12.8 Å². The van der Waals surface area contributed by atoms with E-state index in [1.54, 1.807) is 30.3 Å². The van der Waals surface area contributed by atoms with E-state index in [2.05, 4.69) is 5.32 Å². The fourth-order valence-corrected chi connectivity index (χ4v) is 5.47. The Morgan fingerprint density at radius 2 is 1.51 bits per heavy atom. The van der Waals surface area contributed by atoms with Crippen LogP contribution in [0, 0.1) is 5.82 Å². The number of halogens is 1. The highest BCUT2D eigenvalue weighted by Gasteiger charge is 2.34. The van der Waals surface area contributed by atoms with E-state index >= 15 is 0 Å². The van der Waals surface area contributed by atoms with Gasteiger partial charge in [0, 0.05) is 24.6 Å². The van der Waals surface area contributed by atoms with Crippen LogP contribution in [0.25, 0.3) is 0 Å². The molecule has 0 heterocycles. The first-order chi connectivity index (χ1) is 19.4. The topological polar surface area (TPSA) is 86.8 Å². The highest BCUT2D eigenvalue weighted by Crippen LogP contribution is 2.29. The molecule has 3 rings (SSSR count). The van der Waals surface area contributed by atoms with Crippen molar-refractivity contribution in [3.8, 4) is 0 Å². The SMILES string of the molecule is CC[C@H](C)NC(=O)[C@@H](Cc1ccccc1)N(Cc1ccccc1F)C(=O)CN(c1ccccc1C(C)C)S(C)(=O)=O. The van der Waals surface area contributed by atoms with Crippen molar-refractivity contribution in [2.45, 2.75) is 65.1 Å². The number of sulfonamides is 1. The number of hydrogen-bond donors (Lipinski definition) is 1. The zero-order valence-corrected chi connectivity index (χ0v) is 25.2. The molecule has 0 aliphatic rings. The van der Waals surface area contributed by atoms with Gasteiger partial charge < -0.3 is 10.2 Å². The molecular weight excluding hydrogens is 541 g/mol. The summed E-state index contributed by atoms with van der Waals surface area (Å²) in [6, 6.07) is 21.2. The summed E-state index contributed by atoms with van der Waals surface area (Å²) < 4.78 is 42.1. The van der Waals surface area contributed by atoms with Crippen LogP contribution in [0.1, 0.15) is 56.7 Å². The van der Waals surface area contributed by atoms with Crippen LogP contribution in [0.3, 0.4) is 0 Å². The molecule has 41 heavy (non-hydrogen) atoms. The van der Waals surface area contributed by atoms with Crippen molar-refractivity contribution in [1.82, 2.24) is 10.2 Å². The van der Waals surface area contributed by atoms with E-state index in [1.807, 2.05) is 70.2 Å². The van der Waals surface area contributed by atoms with Crippen LogP contribution in [-0.4, -0.2) is 50.0 Å². The predicted octanol–water partition coefficient (Wildman–Crippen LogP) is 5.27. The van der Waals surface area contributed by atoms with Gasteiger partial charge in [-0.1, -0.05) is 87.5 Å². The molecule has 0 aromatic heterocycles. The number of para-hydroxylation sites is 1. The number of rotatable bonds is 13. The molecule has 0 saturated heterocycles. The van der Waals surface area contributed by atoms with Crippen LogP contribution in [0.15, 0.2) is 78.9 Å². The van der Waals surface area contributed by atoms with Gasteiger partial charge in [0.1, 0.15) is 18.4 Å². The molecule has 0 fully saturated rings. The summed E-state index contributed by atoms with van der Waals surface area (Å²) >= 11 is 0. The zero-order chi connectivity index (χ0) is 30.2. The predicted molar refractivity (Wildman–Crippen MR) is 162 cm³/mol. The summed E-state index contributed by atoms with van der Waals surface area (Å²) in [7, 11) is -3.90. The van der Waals surface area contributed by atoms with E-state index < -0.39 is 34.3 Å². The minimum absolute atomic E-state index is 0.00721. The lowest BCUT2D eigenvalue weighted by Crippen LogP contribution is -2.54. The molecule has 2 atom stereocenters. The molecule has 0 radical (unpaired) electrons. The Labute approximate surface area is 243 Å². The molecule has 0 aliphatic carbocycles. The molecule has 0 unspecified atom stereocenters. The van der Waals surface area contributed by atoms with E-state index in [4.69, 9.17) is 0 Å². The first-order valence-corrected chi connectivity index (χ1v) is 15.7. The molecule has 0 bridgehead atoms. The van der Waals surface area contributed by atoms with Crippen LogP contribution < -0.4 is 9.62 Å². The van der Waals surface area contributed by atoms with Gasteiger partial charge in [0.15, 0.2) is 0 Å². The van der Waals surface area contributed by atoms with Gasteiger partial charge >= 0.3 is 0 Å². The number of carbonyl (C=O) groups excluding carboxylic acids is 2. The first kappa shape index (κ1) is 31.8. The van der Waals surface area contributed by atoms with Gasteiger partial charge in [0.25, 0.3) is 0 Å². The summed E-state index contributed by atoms with van der Waals surface area (Å²) in [4.78, 5) is 29.2. The molecule has 1 N–H and O–H groups in total. The van der Waals surface area contributed by atoms with Crippen molar-refractivity contribution in [3.63, 3.8) is 0 Å². The van der Waals surface area contributed by atoms with Crippen molar-refractivity contribution in [2.24, 2.45) is 0 Å². The van der Waals surface area contributed by atoms with Crippen molar-refractivity contribution in [3.05, 3.63) is 101 Å². The van der Waals surface area contributed by atoms with Crippen LogP contribution in [0.5, 0.6) is 0 Å². The van der Waals surface area contributed by atoms with Gasteiger partial charge in [-0.2, -0.15) is 0 Å². The second kappa shape index (κ2) is 14.3. The number of benzene rings is 3. The molecule has 7 nitrogen and oxygen atoms in total. The summed E-state index contributed by atoms with van der Waals surface area (Å²) in [6.07, 6.45) is 1.90. The quantitative estimate of drug-likeness (QED) is 0.298. The normalized spacial score (nSPS) is 13.0. The fourth-order valence-electron chi connectivity index (χ4n) is 4.60. The summed E-state index contributed by atoms with van der Waals surface area (Å²) in [6.45, 7) is 6.95. The molecule has 2 amide bonds. The average Bonchev–Trinajstić information content (AvgIpc) is 2.94. The first-order valence-electron chi connectivity index (χ1n) is 13.9. The average molecular weight is 582 g/mol. The Balaban J connectivity index is 2.11. The number of amides is 2. The third kappa shape index (κ3) is 8.63. The van der Waals surface area contributed by atoms with Gasteiger partial charge in [0.05, 0.1) is 11.9 Å². The summed E-state index contributed by atoms with van der Waals surface area (Å²) in [5, 5.41) is 2.97. The lowest BCUT2D eigenvalue weighted by Gasteiger charge is -2.34.